The second-order valence-electron chi connectivity index (χ2n) is 9.37. The highest BCUT2D eigenvalue weighted by atomic mass is 33.1. The van der Waals surface area contributed by atoms with Crippen molar-refractivity contribution in [1.82, 2.24) is 0 Å². The van der Waals surface area contributed by atoms with Crippen LogP contribution in [-0.4, -0.2) is 104 Å². The van der Waals surface area contributed by atoms with Gasteiger partial charge in [0.2, 0.25) is 0 Å². The number of carbonyl (C=O) groups is 5. The van der Waals surface area contributed by atoms with Crippen LogP contribution in [0.1, 0.15) is 53.4 Å². The quantitative estimate of drug-likeness (QED) is 0.0689. The number of rotatable bonds is 17. The van der Waals surface area contributed by atoms with Crippen molar-refractivity contribution in [2.75, 3.05) is 18.1 Å². The Morgan fingerprint density at radius 2 is 0.951 bits per heavy atom. The van der Waals surface area contributed by atoms with Gasteiger partial charge in [0, 0.05) is 11.5 Å². The summed E-state index contributed by atoms with van der Waals surface area (Å²) in [5.74, 6) is -4.08. The van der Waals surface area contributed by atoms with Crippen LogP contribution in [0.5, 0.6) is 0 Å². The Labute approximate surface area is 248 Å². The molecule has 0 aliphatic heterocycles. The summed E-state index contributed by atoms with van der Waals surface area (Å²) < 4.78 is 0. The van der Waals surface area contributed by atoms with Gasteiger partial charge in [-0.05, 0) is 37.6 Å². The van der Waals surface area contributed by atoms with Crippen LogP contribution in [0.4, 0.5) is 0 Å². The van der Waals surface area contributed by atoms with E-state index in [1.165, 1.54) is 21.6 Å². The Morgan fingerprint density at radius 1 is 0.585 bits per heavy atom. The van der Waals surface area contributed by atoms with E-state index in [2.05, 4.69) is 0 Å². The van der Waals surface area contributed by atoms with Crippen LogP contribution >= 0.6 is 21.6 Å². The molecule has 0 heterocycles. The minimum atomic E-state index is -1.07. The minimum absolute atomic E-state index is 0.0208. The molecule has 0 saturated heterocycles. The summed E-state index contributed by atoms with van der Waals surface area (Å²) in [5, 5.41) is 41.7. The first-order chi connectivity index (χ1) is 18.7. The van der Waals surface area contributed by atoms with E-state index in [1.54, 1.807) is 13.8 Å². The molecule has 0 radical (unpaired) electrons. The van der Waals surface area contributed by atoms with Gasteiger partial charge < -0.3 is 59.9 Å². The Hall–Kier alpha value is -2.19. The van der Waals surface area contributed by atoms with Crippen molar-refractivity contribution in [2.24, 2.45) is 46.2 Å². The predicted octanol–water partition coefficient (Wildman–Crippen LogP) is -0.782. The highest BCUT2D eigenvalue weighted by Gasteiger charge is 2.15. The van der Waals surface area contributed by atoms with Crippen molar-refractivity contribution in [3.8, 4) is 0 Å². The molecular weight excluding hydrogens is 584 g/mol. The van der Waals surface area contributed by atoms with Crippen LogP contribution in [0.15, 0.2) is 0 Å². The summed E-state index contributed by atoms with van der Waals surface area (Å²) in [6.07, 6.45) is 2.72. The maximum atomic E-state index is 10.3. The van der Waals surface area contributed by atoms with Crippen molar-refractivity contribution in [3.63, 3.8) is 0 Å². The number of nitrogens with two attached hydrogens (primary N) is 6. The lowest BCUT2D eigenvalue weighted by Gasteiger charge is -2.07. The summed E-state index contributed by atoms with van der Waals surface area (Å²) in [6, 6.07) is -3.96. The van der Waals surface area contributed by atoms with Gasteiger partial charge in [0.25, 0.3) is 0 Å². The van der Waals surface area contributed by atoms with Crippen LogP contribution < -0.4 is 34.4 Å². The molecule has 5 unspecified atom stereocenters. The normalized spacial score (nSPS) is 14.0. The van der Waals surface area contributed by atoms with Gasteiger partial charge in [-0.3, -0.25) is 24.0 Å². The van der Waals surface area contributed by atoms with Gasteiger partial charge in [-0.1, -0.05) is 55.7 Å². The molecule has 5 atom stereocenters. The summed E-state index contributed by atoms with van der Waals surface area (Å²) in [5.41, 5.74) is 31.2. The number of carboxylic acids is 5. The Balaban J connectivity index is -0.000000228. The van der Waals surface area contributed by atoms with Crippen LogP contribution in [0, 0.1) is 11.8 Å². The average Bonchev–Trinajstić information content (AvgIpc) is 2.86. The van der Waals surface area contributed by atoms with Crippen molar-refractivity contribution in [1.29, 1.82) is 0 Å². The predicted molar refractivity (Wildman–Crippen MR) is 160 cm³/mol. The number of hydrogen-bond donors (Lipinski definition) is 11. The lowest BCUT2D eigenvalue weighted by molar-refractivity contribution is -0.140. The number of hydrogen-bond acceptors (Lipinski definition) is 13. The third-order valence-corrected chi connectivity index (χ3v) is 7.02. The third kappa shape index (κ3) is 33.9. The van der Waals surface area contributed by atoms with Gasteiger partial charge in [-0.2, -0.15) is 0 Å². The molecule has 0 aromatic rings. The molecule has 17 N–H and O–H groups in total. The van der Waals surface area contributed by atoms with Gasteiger partial charge >= 0.3 is 29.8 Å². The Kier molecular flexibility index (Phi) is 31.2. The molecule has 0 spiro atoms. The van der Waals surface area contributed by atoms with Crippen molar-refractivity contribution in [3.05, 3.63) is 0 Å². The molecule has 16 nitrogen and oxygen atoms in total. The fourth-order valence-corrected chi connectivity index (χ4v) is 4.14. The molecule has 0 rings (SSSR count). The van der Waals surface area contributed by atoms with E-state index < -0.39 is 60.1 Å². The van der Waals surface area contributed by atoms with Gasteiger partial charge in [-0.25, -0.2) is 0 Å². The molecule has 0 aromatic heterocycles. The van der Waals surface area contributed by atoms with Gasteiger partial charge in [0.05, 0.1) is 0 Å². The van der Waals surface area contributed by atoms with E-state index in [-0.39, 0.29) is 17.4 Å². The lowest BCUT2D eigenvalue weighted by Crippen LogP contribution is -2.34. The first-order valence-corrected chi connectivity index (χ1v) is 15.1. The minimum Gasteiger partial charge on any atom is -0.480 e. The van der Waals surface area contributed by atoms with Crippen molar-refractivity contribution in [2.45, 2.75) is 83.6 Å². The molecule has 0 aliphatic rings. The van der Waals surface area contributed by atoms with E-state index in [4.69, 9.17) is 59.9 Å². The Bertz CT molecular complexity index is 728. The van der Waals surface area contributed by atoms with E-state index in [9.17, 15) is 24.0 Å². The van der Waals surface area contributed by atoms with E-state index >= 15 is 0 Å². The van der Waals surface area contributed by atoms with Gasteiger partial charge in [0.1, 0.15) is 30.2 Å². The SMILES string of the molecule is CC(C)C(N)C(=O)O.CC(C)CC(N)C(=O)O.NC(CSSCC(N)C(=O)O)C(=O)O.NCCCCC(N)C(=O)O. The maximum absolute atomic E-state index is 10.3. The summed E-state index contributed by atoms with van der Waals surface area (Å²) >= 11 is 0. The average molecular weight is 635 g/mol. The van der Waals surface area contributed by atoms with E-state index in [0.29, 0.717) is 25.3 Å². The standard InChI is InChI=1S/C6H12N2O4S2.C6H14N2O2.C6H13NO2.C5H11NO2/c7-3(5(9)10)1-13-14-2-4(8)6(11)12;7-4-2-1-3-5(8)6(9)10;1-4(2)3-5(7)6(8)9;1-3(2)4(6)5(7)8/h3-4H,1-2,7-8H2,(H,9,10)(H,11,12);5H,1-4,7-8H2,(H,9,10);4-5H,3,7H2,1-2H3,(H,8,9);3-4H,6H2,1-2H3,(H,7,8). The third-order valence-electron chi connectivity index (χ3n) is 4.55. The topological polar surface area (TPSA) is 343 Å². The second kappa shape index (κ2) is 28.0. The molecule has 0 bridgehead atoms. The molecule has 244 valence electrons. The summed E-state index contributed by atoms with van der Waals surface area (Å²) in [4.78, 5) is 50.8. The van der Waals surface area contributed by atoms with Gasteiger partial charge in [0.15, 0.2) is 0 Å². The van der Waals surface area contributed by atoms with E-state index in [0.717, 1.165) is 12.8 Å². The van der Waals surface area contributed by atoms with Gasteiger partial charge in [-0.15, -0.1) is 0 Å². The second-order valence-corrected chi connectivity index (χ2v) is 11.9. The molecule has 0 aliphatic carbocycles. The van der Waals surface area contributed by atoms with Crippen LogP contribution in [0.3, 0.4) is 0 Å². The van der Waals surface area contributed by atoms with Crippen LogP contribution in [-0.2, 0) is 24.0 Å². The van der Waals surface area contributed by atoms with Crippen molar-refractivity contribution < 1.29 is 49.5 Å². The highest BCUT2D eigenvalue weighted by Crippen LogP contribution is 2.22. The largest absolute Gasteiger partial charge is 0.480 e. The summed E-state index contributed by atoms with van der Waals surface area (Å²) in [6.45, 7) is 8.05. The molecule has 0 saturated carbocycles. The maximum Gasteiger partial charge on any atom is 0.321 e. The number of unbranched alkanes of at least 4 members (excludes halogenated alkanes) is 1. The molecule has 41 heavy (non-hydrogen) atoms. The zero-order valence-electron chi connectivity index (χ0n) is 24.0. The number of aliphatic carboxylic acids is 5. The fourth-order valence-electron chi connectivity index (χ4n) is 1.91. The molecule has 0 fully saturated rings. The molecule has 0 aromatic carbocycles. The molecular formula is C23H50N6O10S2. The van der Waals surface area contributed by atoms with Crippen LogP contribution in [0.25, 0.3) is 0 Å². The summed E-state index contributed by atoms with van der Waals surface area (Å²) in [7, 11) is 2.41. The monoisotopic (exact) mass is 634 g/mol. The zero-order valence-corrected chi connectivity index (χ0v) is 25.7. The lowest BCUT2D eigenvalue weighted by atomic mass is 10.1. The van der Waals surface area contributed by atoms with Crippen molar-refractivity contribution >= 4 is 51.4 Å². The fraction of sp³-hybridized carbons (Fsp3) is 0.783. The first kappa shape index (κ1) is 45.8. The smallest absolute Gasteiger partial charge is 0.321 e. The zero-order chi connectivity index (χ0) is 33.3. The molecule has 0 amide bonds. The Morgan fingerprint density at radius 3 is 1.15 bits per heavy atom. The highest BCUT2D eigenvalue weighted by molar-refractivity contribution is 8.76. The number of carboxylic acid groups (broad SMARTS) is 5. The first-order valence-electron chi connectivity index (χ1n) is 12.6. The molecule has 18 heteroatoms. The van der Waals surface area contributed by atoms with E-state index in [1.807, 2.05) is 13.8 Å². The van der Waals surface area contributed by atoms with Crippen LogP contribution in [0.2, 0.25) is 0 Å².